The summed E-state index contributed by atoms with van der Waals surface area (Å²) in [6.07, 6.45) is 0.400. The quantitative estimate of drug-likeness (QED) is 0.807. The van der Waals surface area contributed by atoms with Gasteiger partial charge in [0.25, 0.3) is 0 Å². The number of benzene rings is 1. The number of carbonyl (C=O) groups excluding carboxylic acids is 1. The van der Waals surface area contributed by atoms with Gasteiger partial charge in [0.05, 0.1) is 10.9 Å². The van der Waals surface area contributed by atoms with Gasteiger partial charge in [0, 0.05) is 12.0 Å². The Morgan fingerprint density at radius 3 is 2.84 bits per heavy atom. The molecule has 0 aliphatic heterocycles. The lowest BCUT2D eigenvalue weighted by Crippen LogP contribution is -2.00. The summed E-state index contributed by atoms with van der Waals surface area (Å²) in [6, 6.07) is 2.31. The number of halogens is 3. The van der Waals surface area contributed by atoms with Gasteiger partial charge in [-0.05, 0) is 28.1 Å². The predicted molar refractivity (Wildman–Crippen MR) is 66.4 cm³/mol. The number of Topliss-reactive ketones (excluding diaryl/α,β-unsaturated/α-hetero) is 1. The van der Waals surface area contributed by atoms with Crippen molar-refractivity contribution in [2.75, 3.05) is 0 Å². The zero-order valence-corrected chi connectivity index (χ0v) is 11.5. The number of carbonyl (C=O) groups is 1. The molecule has 0 N–H and O–H groups in total. The molecule has 4 nitrogen and oxygen atoms in total. The minimum Gasteiger partial charge on any atom is -0.338 e. The van der Waals surface area contributed by atoms with Crippen molar-refractivity contribution < 1.29 is 18.1 Å². The molecule has 100 valence electrons. The van der Waals surface area contributed by atoms with Gasteiger partial charge in [-0.25, -0.2) is 8.78 Å². The molecular weight excluding hydrogens is 322 g/mol. The van der Waals surface area contributed by atoms with E-state index < -0.39 is 11.6 Å². The fraction of sp³-hybridized carbons (Fsp3) is 0.250. The molecule has 2 rings (SSSR count). The Labute approximate surface area is 115 Å². The third-order valence-corrected chi connectivity index (χ3v) is 3.26. The molecule has 1 aromatic carbocycles. The lowest BCUT2D eigenvalue weighted by atomic mass is 10.2. The maximum Gasteiger partial charge on any atom is 0.234 e. The molecule has 0 aliphatic rings. The zero-order valence-electron chi connectivity index (χ0n) is 9.91. The molecular formula is C12H9BrF2N2O2. The molecule has 1 aromatic heterocycles. The summed E-state index contributed by atoms with van der Waals surface area (Å²) in [7, 11) is 0. The first-order chi connectivity index (χ1) is 9.02. The molecule has 0 radical (unpaired) electrons. The smallest absolute Gasteiger partial charge is 0.234 e. The highest BCUT2D eigenvalue weighted by atomic mass is 79.9. The lowest BCUT2D eigenvalue weighted by molar-refractivity contribution is -0.118. The highest BCUT2D eigenvalue weighted by molar-refractivity contribution is 9.10. The third kappa shape index (κ3) is 2.86. The van der Waals surface area contributed by atoms with Crippen molar-refractivity contribution in [2.24, 2.45) is 0 Å². The molecule has 0 fully saturated rings. The van der Waals surface area contributed by atoms with Gasteiger partial charge >= 0.3 is 0 Å². The lowest BCUT2D eigenvalue weighted by Gasteiger charge is -2.00. The number of aromatic nitrogens is 2. The molecule has 19 heavy (non-hydrogen) atoms. The Morgan fingerprint density at radius 1 is 1.42 bits per heavy atom. The standard InChI is InChI=1S/C12H9BrF2N2O2/c1-2-6(18)5-9-16-12(17-19-9)7-3-4-8(14)11(15)10(7)13/h3-4H,2,5H2,1H3. The second-order valence-electron chi connectivity index (χ2n) is 3.80. The molecule has 0 spiro atoms. The molecule has 0 saturated heterocycles. The highest BCUT2D eigenvalue weighted by Crippen LogP contribution is 2.29. The minimum atomic E-state index is -1.02. The van der Waals surface area contributed by atoms with E-state index in [0.29, 0.717) is 6.42 Å². The summed E-state index contributed by atoms with van der Waals surface area (Å²) in [5.41, 5.74) is 0.262. The summed E-state index contributed by atoms with van der Waals surface area (Å²) >= 11 is 2.94. The Balaban J connectivity index is 2.33. The van der Waals surface area contributed by atoms with E-state index in [9.17, 15) is 13.6 Å². The number of hydrogen-bond donors (Lipinski definition) is 0. The zero-order chi connectivity index (χ0) is 14.0. The van der Waals surface area contributed by atoms with Gasteiger partial charge in [-0.1, -0.05) is 12.1 Å². The van der Waals surface area contributed by atoms with E-state index in [1.807, 2.05) is 0 Å². The van der Waals surface area contributed by atoms with Crippen molar-refractivity contribution in [3.05, 3.63) is 34.1 Å². The number of hydrogen-bond acceptors (Lipinski definition) is 4. The molecule has 0 amide bonds. The average molecular weight is 331 g/mol. The summed E-state index contributed by atoms with van der Waals surface area (Å²) in [4.78, 5) is 15.2. The van der Waals surface area contributed by atoms with E-state index in [-0.39, 0.29) is 34.0 Å². The van der Waals surface area contributed by atoms with E-state index in [4.69, 9.17) is 4.52 Å². The van der Waals surface area contributed by atoms with E-state index >= 15 is 0 Å². The molecule has 0 atom stereocenters. The van der Waals surface area contributed by atoms with Crippen molar-refractivity contribution in [3.8, 4) is 11.4 Å². The first-order valence-corrected chi connectivity index (χ1v) is 6.30. The predicted octanol–water partition coefficient (Wildman–Crippen LogP) is 3.30. The molecule has 7 heteroatoms. The Bertz CT molecular complexity index is 628. The van der Waals surface area contributed by atoms with Crippen LogP contribution in [0.4, 0.5) is 8.78 Å². The molecule has 1 heterocycles. The van der Waals surface area contributed by atoms with Gasteiger partial charge in [-0.2, -0.15) is 4.98 Å². The van der Waals surface area contributed by atoms with Crippen molar-refractivity contribution in [1.29, 1.82) is 0 Å². The van der Waals surface area contributed by atoms with Gasteiger partial charge in [0.2, 0.25) is 11.7 Å². The topological polar surface area (TPSA) is 56.0 Å². The van der Waals surface area contributed by atoms with Crippen LogP contribution >= 0.6 is 15.9 Å². The second kappa shape index (κ2) is 5.56. The normalized spacial score (nSPS) is 10.7. The van der Waals surface area contributed by atoms with Crippen molar-refractivity contribution in [3.63, 3.8) is 0 Å². The Hall–Kier alpha value is -1.63. The fourth-order valence-corrected chi connectivity index (χ4v) is 1.93. The molecule has 0 aliphatic carbocycles. The van der Waals surface area contributed by atoms with Gasteiger partial charge in [0.1, 0.15) is 5.78 Å². The van der Waals surface area contributed by atoms with E-state index in [1.165, 1.54) is 6.07 Å². The fourth-order valence-electron chi connectivity index (χ4n) is 1.43. The van der Waals surface area contributed by atoms with Crippen LogP contribution in [0.15, 0.2) is 21.1 Å². The molecule has 0 bridgehead atoms. The maximum atomic E-state index is 13.4. The van der Waals surface area contributed by atoms with Crippen LogP contribution < -0.4 is 0 Å². The Kier molecular flexibility index (Phi) is 4.04. The van der Waals surface area contributed by atoms with Gasteiger partial charge in [-0.3, -0.25) is 4.79 Å². The largest absolute Gasteiger partial charge is 0.338 e. The Morgan fingerprint density at radius 2 is 2.16 bits per heavy atom. The van der Waals surface area contributed by atoms with Gasteiger partial charge in [0.15, 0.2) is 11.6 Å². The molecule has 0 saturated carbocycles. The van der Waals surface area contributed by atoms with Crippen molar-refractivity contribution >= 4 is 21.7 Å². The van der Waals surface area contributed by atoms with Crippen LogP contribution in [0.2, 0.25) is 0 Å². The summed E-state index contributed by atoms with van der Waals surface area (Å²) in [5.74, 6) is -1.78. The maximum absolute atomic E-state index is 13.4. The SMILES string of the molecule is CCC(=O)Cc1nc(-c2ccc(F)c(F)c2Br)no1. The van der Waals surface area contributed by atoms with Crippen LogP contribution in [-0.4, -0.2) is 15.9 Å². The summed E-state index contributed by atoms with van der Waals surface area (Å²) < 4.78 is 31.2. The van der Waals surface area contributed by atoms with Crippen LogP contribution in [0.3, 0.4) is 0 Å². The van der Waals surface area contributed by atoms with Gasteiger partial charge in [-0.15, -0.1) is 0 Å². The number of nitrogens with zero attached hydrogens (tertiary/aromatic N) is 2. The van der Waals surface area contributed by atoms with Crippen LogP contribution in [0.5, 0.6) is 0 Å². The number of rotatable bonds is 4. The van der Waals surface area contributed by atoms with Crippen LogP contribution in [0, 0.1) is 11.6 Å². The summed E-state index contributed by atoms with van der Waals surface area (Å²) in [5, 5.41) is 3.65. The monoisotopic (exact) mass is 330 g/mol. The number of ketones is 1. The van der Waals surface area contributed by atoms with E-state index in [2.05, 4.69) is 26.1 Å². The van der Waals surface area contributed by atoms with E-state index in [1.54, 1.807) is 6.92 Å². The average Bonchev–Trinajstić information content (AvgIpc) is 2.84. The van der Waals surface area contributed by atoms with Crippen LogP contribution in [0.1, 0.15) is 19.2 Å². The highest BCUT2D eigenvalue weighted by Gasteiger charge is 2.17. The first-order valence-electron chi connectivity index (χ1n) is 5.51. The molecule has 2 aromatic rings. The third-order valence-electron chi connectivity index (χ3n) is 2.49. The second-order valence-corrected chi connectivity index (χ2v) is 4.60. The molecule has 0 unspecified atom stereocenters. The minimum absolute atomic E-state index is 0.0325. The first kappa shape index (κ1) is 13.8. The van der Waals surface area contributed by atoms with Crippen LogP contribution in [-0.2, 0) is 11.2 Å². The van der Waals surface area contributed by atoms with Crippen LogP contribution in [0.25, 0.3) is 11.4 Å². The van der Waals surface area contributed by atoms with Gasteiger partial charge < -0.3 is 4.52 Å². The van der Waals surface area contributed by atoms with Crippen molar-refractivity contribution in [1.82, 2.24) is 10.1 Å². The van der Waals surface area contributed by atoms with E-state index in [0.717, 1.165) is 6.07 Å². The van der Waals surface area contributed by atoms with Crippen molar-refractivity contribution in [2.45, 2.75) is 19.8 Å². The summed E-state index contributed by atoms with van der Waals surface area (Å²) in [6.45, 7) is 1.73.